The first-order chi connectivity index (χ1) is 18.0. The Kier molecular flexibility index (Phi) is 8.13. The van der Waals surface area contributed by atoms with Gasteiger partial charge < -0.3 is 10.1 Å². The molecule has 0 bridgehead atoms. The largest absolute Gasteiger partial charge is 0.416 e. The maximum atomic E-state index is 13.6. The fourth-order valence-electron chi connectivity index (χ4n) is 4.57. The van der Waals surface area contributed by atoms with Crippen molar-refractivity contribution in [3.8, 4) is 0 Å². The van der Waals surface area contributed by atoms with Gasteiger partial charge in [0.1, 0.15) is 6.54 Å². The number of rotatable bonds is 8. The molecule has 1 aliphatic heterocycles. The molecule has 0 saturated carbocycles. The summed E-state index contributed by atoms with van der Waals surface area (Å²) in [4.78, 5) is 13.1. The van der Waals surface area contributed by atoms with E-state index in [-0.39, 0.29) is 17.1 Å². The molecule has 0 aromatic heterocycles. The molecule has 4 rings (SSSR count). The second-order valence-electron chi connectivity index (χ2n) is 9.41. The predicted octanol–water partition coefficient (Wildman–Crippen LogP) is 5.07. The number of carbonyl (C=O) groups excluding carboxylic acids is 1. The molecule has 0 unspecified atom stereocenters. The molecule has 0 radical (unpaired) electrons. The molecule has 10 heteroatoms. The molecule has 1 fully saturated rings. The van der Waals surface area contributed by atoms with E-state index in [0.29, 0.717) is 26.1 Å². The summed E-state index contributed by atoms with van der Waals surface area (Å²) in [5.74, 6) is -0.625. The van der Waals surface area contributed by atoms with Gasteiger partial charge in [-0.1, -0.05) is 54.1 Å². The van der Waals surface area contributed by atoms with Gasteiger partial charge >= 0.3 is 6.18 Å². The molecule has 6 nitrogen and oxygen atoms in total. The number of nitrogens with one attached hydrogen (secondary N) is 1. The average Bonchev–Trinajstić information content (AvgIpc) is 2.91. The van der Waals surface area contributed by atoms with Gasteiger partial charge in [-0.05, 0) is 55.7 Å². The van der Waals surface area contributed by atoms with Crippen molar-refractivity contribution in [1.29, 1.82) is 0 Å². The van der Waals surface area contributed by atoms with E-state index in [0.717, 1.165) is 33.6 Å². The molecule has 202 valence electrons. The summed E-state index contributed by atoms with van der Waals surface area (Å²) in [6, 6.07) is 19.6. The number of nitrogens with zero attached hydrogens (tertiary/aromatic N) is 1. The SMILES string of the molecule is Cc1ccc(S(=O)(=O)N(CC(=O)NCC2(c3ccccc3)CCOCC2)c2cccc(C(F)(F)F)c2)cc1. The molecule has 1 aliphatic rings. The Balaban J connectivity index is 1.63. The van der Waals surface area contributed by atoms with Gasteiger partial charge in [-0.25, -0.2) is 8.42 Å². The standard InChI is InChI=1S/C28H29F3N2O4S/c1-21-10-12-25(13-11-21)38(35,36)33(24-9-5-8-23(18-24)28(29,30)31)19-26(34)32-20-27(14-16-37-17-15-27)22-6-3-2-4-7-22/h2-13,18H,14-17,19-20H2,1H3,(H,32,34). The molecule has 3 aromatic carbocycles. The van der Waals surface area contributed by atoms with Crippen LogP contribution < -0.4 is 9.62 Å². The number of sulfonamides is 1. The van der Waals surface area contributed by atoms with E-state index in [2.05, 4.69) is 5.32 Å². The smallest absolute Gasteiger partial charge is 0.381 e. The summed E-state index contributed by atoms with van der Waals surface area (Å²) in [5, 5.41) is 2.85. The minimum atomic E-state index is -4.68. The average molecular weight is 547 g/mol. The van der Waals surface area contributed by atoms with E-state index in [1.807, 2.05) is 30.3 Å². The number of amides is 1. The summed E-state index contributed by atoms with van der Waals surface area (Å²) < 4.78 is 73.7. The summed E-state index contributed by atoms with van der Waals surface area (Å²) in [7, 11) is -4.35. The maximum absolute atomic E-state index is 13.6. The molecular formula is C28H29F3N2O4S. The first-order valence-corrected chi connectivity index (χ1v) is 13.6. The number of hydrogen-bond acceptors (Lipinski definition) is 4. The third kappa shape index (κ3) is 6.19. The van der Waals surface area contributed by atoms with Crippen LogP contribution in [0.2, 0.25) is 0 Å². The van der Waals surface area contributed by atoms with Gasteiger partial charge in [0.05, 0.1) is 16.1 Å². The molecule has 1 saturated heterocycles. The van der Waals surface area contributed by atoms with E-state index in [9.17, 15) is 26.4 Å². The van der Waals surface area contributed by atoms with E-state index in [1.165, 1.54) is 18.2 Å². The van der Waals surface area contributed by atoms with Crippen LogP contribution in [-0.4, -0.2) is 40.6 Å². The molecule has 0 spiro atoms. The lowest BCUT2D eigenvalue weighted by Crippen LogP contribution is -2.48. The van der Waals surface area contributed by atoms with Crippen LogP contribution in [0, 0.1) is 6.92 Å². The van der Waals surface area contributed by atoms with Gasteiger partial charge in [0, 0.05) is 25.2 Å². The van der Waals surface area contributed by atoms with Gasteiger partial charge in [0.25, 0.3) is 10.0 Å². The number of carbonyl (C=O) groups is 1. The fourth-order valence-corrected chi connectivity index (χ4v) is 5.98. The van der Waals surface area contributed by atoms with Crippen LogP contribution in [0.25, 0.3) is 0 Å². The van der Waals surface area contributed by atoms with Crippen molar-refractivity contribution in [2.24, 2.45) is 0 Å². The van der Waals surface area contributed by atoms with Gasteiger partial charge in [-0.15, -0.1) is 0 Å². The minimum absolute atomic E-state index is 0.126. The molecule has 0 atom stereocenters. The topological polar surface area (TPSA) is 75.7 Å². The van der Waals surface area contributed by atoms with E-state index in [1.54, 1.807) is 19.1 Å². The number of alkyl halides is 3. The van der Waals surface area contributed by atoms with Crippen molar-refractivity contribution in [3.05, 3.63) is 95.6 Å². The molecule has 1 amide bonds. The lowest BCUT2D eigenvalue weighted by Gasteiger charge is -2.38. The zero-order valence-electron chi connectivity index (χ0n) is 20.9. The zero-order valence-corrected chi connectivity index (χ0v) is 21.7. The summed E-state index contributed by atoms with van der Waals surface area (Å²) in [6.07, 6.45) is -3.35. The van der Waals surface area contributed by atoms with Crippen LogP contribution in [0.1, 0.15) is 29.5 Å². The summed E-state index contributed by atoms with van der Waals surface area (Å²) >= 11 is 0. The third-order valence-electron chi connectivity index (χ3n) is 6.82. The van der Waals surface area contributed by atoms with Crippen molar-refractivity contribution in [2.75, 3.05) is 30.6 Å². The highest BCUT2D eigenvalue weighted by molar-refractivity contribution is 7.92. The van der Waals surface area contributed by atoms with Gasteiger partial charge in [0.2, 0.25) is 5.91 Å². The van der Waals surface area contributed by atoms with Gasteiger partial charge in [0.15, 0.2) is 0 Å². The quantitative estimate of drug-likeness (QED) is 0.428. The second kappa shape index (κ2) is 11.2. The van der Waals surface area contributed by atoms with Gasteiger partial charge in [-0.2, -0.15) is 13.2 Å². The van der Waals surface area contributed by atoms with Gasteiger partial charge in [-0.3, -0.25) is 9.10 Å². The number of benzene rings is 3. The van der Waals surface area contributed by atoms with E-state index < -0.39 is 39.6 Å². The molecular weight excluding hydrogens is 517 g/mol. The maximum Gasteiger partial charge on any atom is 0.416 e. The zero-order chi connectivity index (χ0) is 27.4. The van der Waals surface area contributed by atoms with Crippen molar-refractivity contribution in [3.63, 3.8) is 0 Å². The van der Waals surface area contributed by atoms with Crippen LogP contribution in [0.3, 0.4) is 0 Å². The number of hydrogen-bond donors (Lipinski definition) is 1. The molecule has 1 N–H and O–H groups in total. The normalized spacial score (nSPS) is 15.6. The van der Waals surface area contributed by atoms with E-state index in [4.69, 9.17) is 4.74 Å². The number of anilines is 1. The summed E-state index contributed by atoms with van der Waals surface area (Å²) in [6.45, 7) is 2.37. The fraction of sp³-hybridized carbons (Fsp3) is 0.321. The number of aryl methyl sites for hydroxylation is 1. The van der Waals surface area contributed by atoms with Crippen LogP contribution in [-0.2, 0) is 31.1 Å². The first kappa shape index (κ1) is 27.7. The van der Waals surface area contributed by atoms with Crippen LogP contribution >= 0.6 is 0 Å². The Bertz CT molecular complexity index is 1350. The van der Waals surface area contributed by atoms with Crippen LogP contribution in [0.15, 0.2) is 83.8 Å². The Morgan fingerprint density at radius 2 is 1.63 bits per heavy atom. The molecule has 3 aromatic rings. The van der Waals surface area contributed by atoms with Crippen LogP contribution in [0.5, 0.6) is 0 Å². The Labute approximate surface area is 220 Å². The summed E-state index contributed by atoms with van der Waals surface area (Å²) in [5.41, 5.74) is 0.191. The second-order valence-corrected chi connectivity index (χ2v) is 11.3. The molecule has 38 heavy (non-hydrogen) atoms. The molecule has 1 heterocycles. The Morgan fingerprint density at radius 3 is 2.26 bits per heavy atom. The number of halogens is 3. The van der Waals surface area contributed by atoms with E-state index >= 15 is 0 Å². The highest BCUT2D eigenvalue weighted by Gasteiger charge is 2.36. The lowest BCUT2D eigenvalue weighted by molar-refractivity contribution is -0.137. The molecule has 0 aliphatic carbocycles. The predicted molar refractivity (Wildman–Crippen MR) is 138 cm³/mol. The van der Waals surface area contributed by atoms with Crippen molar-refractivity contribution in [2.45, 2.75) is 36.3 Å². The highest BCUT2D eigenvalue weighted by atomic mass is 32.2. The minimum Gasteiger partial charge on any atom is -0.381 e. The third-order valence-corrected chi connectivity index (χ3v) is 8.61. The van der Waals surface area contributed by atoms with Crippen molar-refractivity contribution >= 4 is 21.6 Å². The lowest BCUT2D eigenvalue weighted by atomic mass is 9.74. The Morgan fingerprint density at radius 1 is 0.974 bits per heavy atom. The first-order valence-electron chi connectivity index (χ1n) is 12.2. The number of ether oxygens (including phenoxy) is 1. The highest BCUT2D eigenvalue weighted by Crippen LogP contribution is 2.35. The Hall–Kier alpha value is -3.37. The van der Waals surface area contributed by atoms with Crippen LogP contribution in [0.4, 0.5) is 18.9 Å². The van der Waals surface area contributed by atoms with Crippen molar-refractivity contribution < 1.29 is 31.1 Å². The monoisotopic (exact) mass is 546 g/mol. The van der Waals surface area contributed by atoms with Crippen molar-refractivity contribution in [1.82, 2.24) is 5.32 Å².